The maximum atomic E-state index is 14.9. The Labute approximate surface area is 361 Å². The second kappa shape index (κ2) is 17.3. The predicted octanol–water partition coefficient (Wildman–Crippen LogP) is 15.1. The summed E-state index contributed by atoms with van der Waals surface area (Å²) in [7, 11) is -9.67. The fraction of sp³-hybridized carbons (Fsp3) is 1.00. The Morgan fingerprint density at radius 2 is 0.292 bits per heavy atom. The highest BCUT2D eigenvalue weighted by Gasteiger charge is 2.97. The van der Waals surface area contributed by atoms with Gasteiger partial charge in [0.2, 0.25) is 0 Å². The molecule has 0 fully saturated rings. The number of aliphatic hydroxyl groups excluding tert-OH is 1. The lowest BCUT2D eigenvalue weighted by Gasteiger charge is -2.46. The van der Waals surface area contributed by atoms with E-state index in [-0.39, 0.29) is 0 Å². The summed E-state index contributed by atoms with van der Waals surface area (Å²) in [6.45, 7) is 0. The average Bonchev–Trinajstić information content (AvgIpc) is 3.11. The molecule has 0 unspecified atom stereocenters. The van der Waals surface area contributed by atoms with Gasteiger partial charge in [0.1, 0.15) is 8.07 Å². The van der Waals surface area contributed by atoms with E-state index in [2.05, 4.69) is 0 Å². The molecule has 0 saturated carbocycles. The first-order valence-electron chi connectivity index (χ1n) is 15.8. The van der Waals surface area contributed by atoms with Crippen LogP contribution >= 0.6 is 0 Å². The summed E-state index contributed by atoms with van der Waals surface area (Å²) >= 11 is 0. The van der Waals surface area contributed by atoms with Crippen molar-refractivity contribution in [3.63, 3.8) is 0 Å². The molecule has 0 aromatic heterocycles. The van der Waals surface area contributed by atoms with Crippen molar-refractivity contribution in [2.24, 2.45) is 0 Å². The molecular weight excluding hydrogens is 1200 g/mol. The Hall–Kier alpha value is -2.97. The highest BCUT2D eigenvalue weighted by atomic mass is 28.3. The monoisotopic (exact) mass is 1210 g/mol. The Morgan fingerprint density at radius 3 is 0.403 bits per heavy atom. The van der Waals surface area contributed by atoms with Gasteiger partial charge in [0.05, 0.1) is 0 Å². The molecule has 47 heteroatoms. The Balaban J connectivity index is 8.91. The van der Waals surface area contributed by atoms with Crippen LogP contribution in [-0.4, -0.2) is 145 Å². The van der Waals surface area contributed by atoms with Crippen molar-refractivity contribution >= 4 is 8.07 Å². The molecule has 0 atom stereocenters. The standard InChI is InChI=1S/C25H9F45OSi/c26-5(27,8(32,33)11(38,39)14(44,45)17(50,51)20(56,57)23(62,63)64)1-72(4-71,2-6(28,29)9(34,35)12(40,41)15(46,47)18(52,53)21(58,59)24(65,66)67)3-7(30,31)10(36,37)13(42,43)16(48,49)19(54,55)22(60,61)25(68,69)70/h71H,1-4H2. The first-order valence-corrected chi connectivity index (χ1v) is 18.6. The van der Waals surface area contributed by atoms with Gasteiger partial charge < -0.3 is 5.11 Å². The maximum Gasteiger partial charge on any atom is 0.460 e. The smallest absolute Gasteiger partial charge is 0.400 e. The lowest BCUT2D eigenvalue weighted by Crippen LogP contribution is -2.75. The van der Waals surface area contributed by atoms with Crippen molar-refractivity contribution in [2.45, 2.75) is 143 Å². The summed E-state index contributed by atoms with van der Waals surface area (Å²) in [5, 5.41) is 9.22. The van der Waals surface area contributed by atoms with Gasteiger partial charge in [-0.25, -0.2) is 0 Å². The maximum absolute atomic E-state index is 14.9. The van der Waals surface area contributed by atoms with Crippen LogP contribution in [0.2, 0.25) is 18.1 Å². The van der Waals surface area contributed by atoms with Gasteiger partial charge in [0.25, 0.3) is 0 Å². The summed E-state index contributed by atoms with van der Waals surface area (Å²) < 4.78 is 617. The van der Waals surface area contributed by atoms with Gasteiger partial charge in [0.15, 0.2) is 0 Å². The van der Waals surface area contributed by atoms with Crippen LogP contribution in [0.5, 0.6) is 0 Å². The van der Waals surface area contributed by atoms with E-state index >= 15 is 0 Å². The fourth-order valence-electron chi connectivity index (χ4n) is 5.10. The summed E-state index contributed by atoms with van der Waals surface area (Å²) in [5.74, 6) is -170. The van der Waals surface area contributed by atoms with Crippen LogP contribution in [0.1, 0.15) is 0 Å². The van der Waals surface area contributed by atoms with Crippen molar-refractivity contribution in [1.82, 2.24) is 0 Å². The minimum absolute atomic E-state index is 4.69. The molecule has 0 radical (unpaired) electrons. The first-order chi connectivity index (χ1) is 30.2. The van der Waals surface area contributed by atoms with E-state index in [1.165, 1.54) is 0 Å². The van der Waals surface area contributed by atoms with Gasteiger partial charge in [-0.05, 0) is 0 Å². The molecular formula is C25H9F45OSi. The minimum atomic E-state index is -9.83. The van der Waals surface area contributed by atoms with E-state index in [0.717, 1.165) is 0 Å². The van der Waals surface area contributed by atoms with Gasteiger partial charge in [-0.3, -0.25) is 0 Å². The summed E-state index contributed by atoms with van der Waals surface area (Å²) in [5.41, 5.74) is 0. The first kappa shape index (κ1) is 69.0. The molecule has 72 heavy (non-hydrogen) atoms. The highest BCUT2D eigenvalue weighted by molar-refractivity contribution is 6.80. The third kappa shape index (κ3) is 9.02. The molecule has 1 N–H and O–H groups in total. The predicted molar refractivity (Wildman–Crippen MR) is 134 cm³/mol. The molecule has 0 aromatic rings. The third-order valence-corrected chi connectivity index (χ3v) is 13.6. The Morgan fingerprint density at radius 1 is 0.181 bits per heavy atom. The van der Waals surface area contributed by atoms with Crippen LogP contribution in [0.4, 0.5) is 198 Å². The molecule has 0 saturated heterocycles. The number of alkyl halides is 45. The fourth-order valence-corrected chi connectivity index (χ4v) is 9.30. The summed E-state index contributed by atoms with van der Waals surface area (Å²) in [4.78, 5) is 0. The van der Waals surface area contributed by atoms with Gasteiger partial charge >= 0.3 is 125 Å². The van der Waals surface area contributed by atoms with Crippen LogP contribution in [0.25, 0.3) is 0 Å². The van der Waals surface area contributed by atoms with Crippen LogP contribution in [0.15, 0.2) is 0 Å². The lowest BCUT2D eigenvalue weighted by atomic mass is 9.91. The number of hydrogen-bond acceptors (Lipinski definition) is 1. The number of rotatable bonds is 22. The molecule has 0 aliphatic carbocycles. The molecule has 0 heterocycles. The zero-order chi connectivity index (χ0) is 59.8. The van der Waals surface area contributed by atoms with Gasteiger partial charge in [0, 0.05) is 24.4 Å². The van der Waals surface area contributed by atoms with Crippen LogP contribution < -0.4 is 0 Å². The molecule has 434 valence electrons. The number of aliphatic hydroxyl groups is 1. The van der Waals surface area contributed by atoms with Crippen molar-refractivity contribution in [3.05, 3.63) is 0 Å². The minimum Gasteiger partial charge on any atom is -0.400 e. The quantitative estimate of drug-likeness (QED) is 0.0846. The van der Waals surface area contributed by atoms with Crippen LogP contribution in [0.3, 0.4) is 0 Å². The van der Waals surface area contributed by atoms with Crippen LogP contribution in [-0.2, 0) is 0 Å². The molecule has 0 bridgehead atoms. The molecule has 0 rings (SSSR count). The highest BCUT2D eigenvalue weighted by Crippen LogP contribution is 2.68. The number of halogens is 45. The van der Waals surface area contributed by atoms with E-state index < -0.39 is 158 Å². The normalized spacial score (nSPS) is 17.2. The second-order valence-corrected chi connectivity index (χ2v) is 18.8. The van der Waals surface area contributed by atoms with Gasteiger partial charge in [-0.2, -0.15) is 198 Å². The van der Waals surface area contributed by atoms with E-state index in [1.54, 1.807) is 0 Å². The van der Waals surface area contributed by atoms with Crippen LogP contribution in [0, 0.1) is 0 Å². The van der Waals surface area contributed by atoms with E-state index in [9.17, 15) is 203 Å². The van der Waals surface area contributed by atoms with E-state index in [4.69, 9.17) is 0 Å². The van der Waals surface area contributed by atoms with E-state index in [1.807, 2.05) is 0 Å². The largest absolute Gasteiger partial charge is 0.460 e. The lowest BCUT2D eigenvalue weighted by molar-refractivity contribution is -0.452. The molecule has 0 aliphatic rings. The van der Waals surface area contributed by atoms with Gasteiger partial charge in [-0.1, -0.05) is 0 Å². The van der Waals surface area contributed by atoms with E-state index in [0.29, 0.717) is 0 Å². The van der Waals surface area contributed by atoms with Crippen molar-refractivity contribution in [3.8, 4) is 0 Å². The zero-order valence-electron chi connectivity index (χ0n) is 31.3. The average molecular weight is 1210 g/mol. The zero-order valence-corrected chi connectivity index (χ0v) is 32.3. The second-order valence-electron chi connectivity index (χ2n) is 14.4. The van der Waals surface area contributed by atoms with Crippen molar-refractivity contribution < 1.29 is 203 Å². The van der Waals surface area contributed by atoms with Gasteiger partial charge in [-0.15, -0.1) is 0 Å². The molecule has 0 aliphatic heterocycles. The topological polar surface area (TPSA) is 20.2 Å². The third-order valence-electron chi connectivity index (χ3n) is 9.30. The summed E-state index contributed by atoms with van der Waals surface area (Å²) in [6, 6.07) is -17.4. The molecule has 0 amide bonds. The molecule has 0 aromatic carbocycles. The van der Waals surface area contributed by atoms with Crippen molar-refractivity contribution in [1.29, 1.82) is 0 Å². The SMILES string of the molecule is OC[Si](CC(F)(F)C(F)(F)C(F)(F)C(F)(F)C(F)(F)C(F)(F)C(F)(F)F)(CC(F)(F)C(F)(F)C(F)(F)C(F)(F)C(F)(F)C(F)(F)C(F)(F)F)CC(F)(F)C(F)(F)C(F)(F)C(F)(F)C(F)(F)C(F)(F)C(F)(F)F. The molecule has 1 nitrogen and oxygen atoms in total. The van der Waals surface area contributed by atoms with Crippen molar-refractivity contribution in [2.75, 3.05) is 6.23 Å². The Bertz CT molecular complexity index is 1690. The summed E-state index contributed by atoms with van der Waals surface area (Å²) in [6.07, 6.45) is -30.3. The number of hydrogen-bond donors (Lipinski definition) is 1. The molecule has 0 spiro atoms. The Kier molecular flexibility index (Phi) is 16.6.